The number of rotatable bonds is 0. The zero-order valence-corrected chi connectivity index (χ0v) is 7.76. The van der Waals surface area contributed by atoms with Gasteiger partial charge in [-0.15, -0.1) is 0 Å². The van der Waals surface area contributed by atoms with E-state index in [-0.39, 0.29) is 5.48 Å². The summed E-state index contributed by atoms with van der Waals surface area (Å²) in [5.74, 6) is 0. The van der Waals surface area contributed by atoms with E-state index >= 15 is 0 Å². The van der Waals surface area contributed by atoms with Gasteiger partial charge in [0, 0.05) is 0 Å². The molecule has 1 aromatic rings. The van der Waals surface area contributed by atoms with E-state index in [4.69, 9.17) is 0 Å². The van der Waals surface area contributed by atoms with Crippen molar-refractivity contribution in [1.29, 1.82) is 0 Å². The van der Waals surface area contributed by atoms with Gasteiger partial charge in [-0.2, -0.15) is 0 Å². The van der Waals surface area contributed by atoms with Crippen molar-refractivity contribution in [3.8, 4) is 0 Å². The Morgan fingerprint density at radius 3 is 1.75 bits per heavy atom. The second kappa shape index (κ2) is 3.92. The fourth-order valence-corrected chi connectivity index (χ4v) is 1.09. The predicted octanol–water partition coefficient (Wildman–Crippen LogP) is -0.612. The van der Waals surface area contributed by atoms with Crippen molar-refractivity contribution >= 4 is 26.1 Å². The molecule has 0 amide bonds. The van der Waals surface area contributed by atoms with Gasteiger partial charge in [0.1, 0.15) is 0 Å². The molecule has 0 aromatic heterocycles. The van der Waals surface area contributed by atoms with E-state index in [0.29, 0.717) is 0 Å². The maximum absolute atomic E-state index is 2.14. The first-order valence-electron chi connectivity index (χ1n) is 2.20. The molecule has 0 saturated carbocycles. The first-order valence-corrected chi connectivity index (χ1v) is 3.85. The zero-order chi connectivity index (χ0) is 5.11. The van der Waals surface area contributed by atoms with Crippen LogP contribution in [0.1, 0.15) is 0 Å². The van der Waals surface area contributed by atoms with Gasteiger partial charge in [-0.3, -0.25) is 0 Å². The van der Waals surface area contributed by atoms with Crippen LogP contribution in [-0.2, 0) is 0 Å². The monoisotopic (exact) mass is 216 g/mol. The van der Waals surface area contributed by atoms with Crippen LogP contribution in [0.15, 0.2) is 30.3 Å². The molecular formula is C6H8OSn. The summed E-state index contributed by atoms with van der Waals surface area (Å²) in [6, 6.07) is 10.5. The maximum atomic E-state index is 2.14. The zero-order valence-electron chi connectivity index (χ0n) is 4.46. The average Bonchev–Trinajstić information content (AvgIpc) is 1.69. The van der Waals surface area contributed by atoms with Crippen LogP contribution >= 0.6 is 0 Å². The van der Waals surface area contributed by atoms with Gasteiger partial charge in [0.05, 0.1) is 0 Å². The third kappa shape index (κ3) is 2.33. The minimum absolute atomic E-state index is 0. The van der Waals surface area contributed by atoms with Crippen LogP contribution in [0.2, 0.25) is 0 Å². The van der Waals surface area contributed by atoms with Crippen molar-refractivity contribution in [2.24, 2.45) is 0 Å². The predicted molar refractivity (Wildman–Crippen MR) is 36.8 cm³/mol. The van der Waals surface area contributed by atoms with Crippen LogP contribution in [0.3, 0.4) is 0 Å². The summed E-state index contributed by atoms with van der Waals surface area (Å²) in [7, 11) is 0. The Morgan fingerprint density at radius 2 is 1.50 bits per heavy atom. The molecule has 2 heteroatoms. The van der Waals surface area contributed by atoms with Crippen molar-refractivity contribution < 1.29 is 5.48 Å². The SMILES string of the molecule is O.[SnH][c]1ccccc1. The van der Waals surface area contributed by atoms with Gasteiger partial charge in [-0.1, -0.05) is 0 Å². The van der Waals surface area contributed by atoms with Crippen molar-refractivity contribution in [1.82, 2.24) is 0 Å². The van der Waals surface area contributed by atoms with Crippen LogP contribution in [0, 0.1) is 0 Å². The van der Waals surface area contributed by atoms with Crippen molar-refractivity contribution in [3.05, 3.63) is 30.3 Å². The fourth-order valence-electron chi connectivity index (χ4n) is 0.453. The van der Waals surface area contributed by atoms with E-state index in [9.17, 15) is 0 Å². The molecule has 0 heterocycles. The Hall–Kier alpha value is -0.0213. The van der Waals surface area contributed by atoms with Crippen LogP contribution in [0.4, 0.5) is 0 Å². The van der Waals surface area contributed by atoms with Crippen molar-refractivity contribution in [2.75, 3.05) is 0 Å². The fraction of sp³-hybridized carbons (Fsp3) is 0. The molecule has 0 unspecified atom stereocenters. The molecule has 8 heavy (non-hydrogen) atoms. The van der Waals surface area contributed by atoms with Gasteiger partial charge in [-0.25, -0.2) is 0 Å². The standard InChI is InChI=1S/C6H5.H2O.Sn.H/c1-2-4-6-5-3-1;;;/h1-5H;1H2;;. The first-order chi connectivity index (χ1) is 3.39. The second-order valence-electron chi connectivity index (χ2n) is 1.41. The minimum atomic E-state index is 0. The average molecular weight is 215 g/mol. The third-order valence-corrected chi connectivity index (χ3v) is 1.90. The topological polar surface area (TPSA) is 31.5 Å². The molecule has 0 fully saturated rings. The van der Waals surface area contributed by atoms with E-state index in [1.165, 1.54) is 26.1 Å². The van der Waals surface area contributed by atoms with Crippen molar-refractivity contribution in [3.63, 3.8) is 0 Å². The third-order valence-electron chi connectivity index (χ3n) is 0.800. The van der Waals surface area contributed by atoms with Gasteiger partial charge in [0.15, 0.2) is 0 Å². The molecule has 2 radical (unpaired) electrons. The Kier molecular flexibility index (Phi) is 3.91. The van der Waals surface area contributed by atoms with E-state index in [1.54, 1.807) is 0 Å². The van der Waals surface area contributed by atoms with E-state index in [1.807, 2.05) is 6.07 Å². The Bertz CT molecular complexity index is 138. The molecule has 1 nitrogen and oxygen atoms in total. The van der Waals surface area contributed by atoms with Gasteiger partial charge in [-0.05, 0) is 0 Å². The van der Waals surface area contributed by atoms with Crippen LogP contribution in [0.5, 0.6) is 0 Å². The molecular weight excluding hydrogens is 207 g/mol. The molecule has 1 aromatic carbocycles. The van der Waals surface area contributed by atoms with E-state index in [0.717, 1.165) is 0 Å². The van der Waals surface area contributed by atoms with Crippen LogP contribution < -0.4 is 3.58 Å². The first kappa shape index (κ1) is 7.98. The molecule has 42 valence electrons. The number of benzene rings is 1. The molecule has 1 rings (SSSR count). The molecule has 0 atom stereocenters. The Labute approximate surface area is 62.1 Å². The van der Waals surface area contributed by atoms with Crippen LogP contribution in [0.25, 0.3) is 0 Å². The Balaban J connectivity index is 0.000000490. The van der Waals surface area contributed by atoms with Crippen LogP contribution in [-0.4, -0.2) is 28.0 Å². The van der Waals surface area contributed by atoms with E-state index < -0.39 is 0 Å². The summed E-state index contributed by atoms with van der Waals surface area (Å²) >= 11 is 1.23. The summed E-state index contributed by atoms with van der Waals surface area (Å²) in [4.78, 5) is 0. The summed E-state index contributed by atoms with van der Waals surface area (Å²) < 4.78 is 1.45. The molecule has 0 bridgehead atoms. The van der Waals surface area contributed by atoms with E-state index in [2.05, 4.69) is 24.3 Å². The number of hydrogen-bond donors (Lipinski definition) is 0. The summed E-state index contributed by atoms with van der Waals surface area (Å²) in [6.07, 6.45) is 0. The molecule has 2 N–H and O–H groups in total. The molecule has 0 aliphatic heterocycles. The summed E-state index contributed by atoms with van der Waals surface area (Å²) in [6.45, 7) is 0. The quantitative estimate of drug-likeness (QED) is 0.517. The summed E-state index contributed by atoms with van der Waals surface area (Å²) in [5.41, 5.74) is 0. The van der Waals surface area contributed by atoms with Gasteiger partial charge >= 0.3 is 56.4 Å². The van der Waals surface area contributed by atoms with Gasteiger partial charge in [0.25, 0.3) is 0 Å². The molecule has 0 saturated heterocycles. The van der Waals surface area contributed by atoms with Gasteiger partial charge < -0.3 is 5.48 Å². The normalized spacial score (nSPS) is 7.62. The molecule has 0 aliphatic carbocycles. The summed E-state index contributed by atoms with van der Waals surface area (Å²) in [5, 5.41) is 0. The molecule has 0 aliphatic rings. The van der Waals surface area contributed by atoms with Crippen molar-refractivity contribution in [2.45, 2.75) is 0 Å². The number of hydrogen-bond acceptors (Lipinski definition) is 0. The second-order valence-corrected chi connectivity index (χ2v) is 3.31. The van der Waals surface area contributed by atoms with Gasteiger partial charge in [0.2, 0.25) is 0 Å². The Morgan fingerprint density at radius 1 is 1.00 bits per heavy atom. The molecule has 0 spiro atoms.